The van der Waals surface area contributed by atoms with Gasteiger partial charge in [0.2, 0.25) is 5.96 Å². The molecule has 0 unspecified atom stereocenters. The lowest BCUT2D eigenvalue weighted by Crippen LogP contribution is -2.53. The number of piperazine rings is 1. The van der Waals surface area contributed by atoms with Crippen LogP contribution >= 0.6 is 11.6 Å². The minimum atomic E-state index is -0.00896. The number of amidine groups is 1. The largest absolute Gasteiger partial charge is 0.454 e. The van der Waals surface area contributed by atoms with Crippen molar-refractivity contribution < 1.29 is 9.53 Å². The van der Waals surface area contributed by atoms with Gasteiger partial charge < -0.3 is 19.4 Å². The topological polar surface area (TPSA) is 96.6 Å². The lowest BCUT2D eigenvalue weighted by molar-refractivity contribution is 0.0773. The molecule has 0 aliphatic carbocycles. The number of carbonyl (C=O) groups is 1. The molecule has 1 N–H and O–H groups in total. The van der Waals surface area contributed by atoms with Crippen LogP contribution in [-0.2, 0) is 0 Å². The zero-order valence-electron chi connectivity index (χ0n) is 22.5. The molecule has 2 aliphatic heterocycles. The van der Waals surface area contributed by atoms with Crippen molar-refractivity contribution in [3.63, 3.8) is 0 Å². The second-order valence-corrected chi connectivity index (χ2v) is 9.75. The average Bonchev–Trinajstić information content (AvgIpc) is 3.14. The predicted molar refractivity (Wildman–Crippen MR) is 157 cm³/mol. The minimum Gasteiger partial charge on any atom is -0.454 e. The molecule has 9 nitrogen and oxygen atoms in total. The van der Waals surface area contributed by atoms with E-state index in [2.05, 4.69) is 15.2 Å². The smallest absolute Gasteiger partial charge is 0.253 e. The molecular formula is C30H30ClN7O2. The van der Waals surface area contributed by atoms with E-state index in [-0.39, 0.29) is 5.91 Å². The molecule has 3 aromatic rings. The number of ether oxygens (including phenoxy) is 1. The van der Waals surface area contributed by atoms with Crippen LogP contribution in [0.4, 0.5) is 11.4 Å². The van der Waals surface area contributed by atoms with E-state index in [9.17, 15) is 10.1 Å². The van der Waals surface area contributed by atoms with Crippen LogP contribution in [0, 0.1) is 11.5 Å². The Morgan fingerprint density at radius 2 is 1.77 bits per heavy atom. The van der Waals surface area contributed by atoms with E-state index >= 15 is 0 Å². The summed E-state index contributed by atoms with van der Waals surface area (Å²) in [6.07, 6.45) is 2.01. The van der Waals surface area contributed by atoms with Crippen molar-refractivity contribution in [3.8, 4) is 17.7 Å². The molecule has 0 spiro atoms. The fraction of sp³-hybridized carbons (Fsp3) is 0.267. The lowest BCUT2D eigenvalue weighted by atomic mass is 10.1. The Balaban J connectivity index is 1.34. The van der Waals surface area contributed by atoms with E-state index in [0.717, 1.165) is 17.1 Å². The molecule has 2 heterocycles. The summed E-state index contributed by atoms with van der Waals surface area (Å²) in [6, 6.07) is 20.4. The highest BCUT2D eigenvalue weighted by Gasteiger charge is 2.27. The predicted octanol–water partition coefficient (Wildman–Crippen LogP) is 5.38. The number of nitrogens with zero attached hydrogens (tertiary/aromatic N) is 6. The highest BCUT2D eigenvalue weighted by Crippen LogP contribution is 2.39. The van der Waals surface area contributed by atoms with Crippen LogP contribution in [0.2, 0.25) is 5.02 Å². The average molecular weight is 556 g/mol. The second-order valence-electron chi connectivity index (χ2n) is 9.32. The summed E-state index contributed by atoms with van der Waals surface area (Å²) in [4.78, 5) is 28.3. The molecular weight excluding hydrogens is 526 g/mol. The molecule has 5 rings (SSSR count). The quantitative estimate of drug-likeness (QED) is 0.201. The number of aliphatic imine (C=N–C) groups is 2. The number of benzene rings is 3. The summed E-state index contributed by atoms with van der Waals surface area (Å²) >= 11 is 6.27. The maximum absolute atomic E-state index is 12.6. The van der Waals surface area contributed by atoms with Gasteiger partial charge in [-0.05, 0) is 68.4 Å². The maximum atomic E-state index is 12.6. The number of carbonyl (C=O) groups excluding carboxylic acids is 1. The highest BCUT2D eigenvalue weighted by molar-refractivity contribution is 6.31. The van der Waals surface area contributed by atoms with Gasteiger partial charge in [-0.3, -0.25) is 10.1 Å². The van der Waals surface area contributed by atoms with Gasteiger partial charge in [0.1, 0.15) is 17.3 Å². The van der Waals surface area contributed by atoms with Crippen LogP contribution in [-0.4, -0.2) is 71.7 Å². The summed E-state index contributed by atoms with van der Waals surface area (Å²) in [5, 5.41) is 12.7. The molecule has 0 atom stereocenters. The Hall–Kier alpha value is -4.55. The third-order valence-electron chi connectivity index (χ3n) is 6.94. The van der Waals surface area contributed by atoms with Crippen LogP contribution in [0.25, 0.3) is 0 Å². The van der Waals surface area contributed by atoms with Gasteiger partial charge in [-0.2, -0.15) is 5.26 Å². The summed E-state index contributed by atoms with van der Waals surface area (Å²) in [5.41, 5.74) is 2.86. The lowest BCUT2D eigenvalue weighted by Gasteiger charge is -2.37. The number of para-hydroxylation sites is 1. The molecule has 40 heavy (non-hydrogen) atoms. The van der Waals surface area contributed by atoms with Crippen LogP contribution < -0.4 is 10.1 Å². The molecule has 2 aliphatic rings. The van der Waals surface area contributed by atoms with Crippen LogP contribution in [0.3, 0.4) is 0 Å². The Labute approximate surface area is 239 Å². The third-order valence-corrected chi connectivity index (χ3v) is 7.18. The third kappa shape index (κ3) is 5.72. The van der Waals surface area contributed by atoms with Crippen LogP contribution in [0.1, 0.15) is 29.8 Å². The molecule has 0 radical (unpaired) electrons. The van der Waals surface area contributed by atoms with E-state index in [1.54, 1.807) is 35.2 Å². The van der Waals surface area contributed by atoms with Crippen molar-refractivity contribution in [2.45, 2.75) is 13.8 Å². The fourth-order valence-electron chi connectivity index (χ4n) is 4.79. The van der Waals surface area contributed by atoms with Gasteiger partial charge in [-0.15, -0.1) is 0 Å². The SMILES string of the molecule is CCN(CC)C(=O)c1ccc(N=C(NC#N)N2CCN(C3=Nc4cc(Cl)ccc4Oc4ccccc43)CC2)cc1. The van der Waals surface area contributed by atoms with Crippen molar-refractivity contribution in [2.75, 3.05) is 39.3 Å². The van der Waals surface area contributed by atoms with Gasteiger partial charge in [-0.1, -0.05) is 23.7 Å². The number of guanidine groups is 1. The molecule has 0 aromatic heterocycles. The monoisotopic (exact) mass is 555 g/mol. The number of nitriles is 1. The van der Waals surface area contributed by atoms with Gasteiger partial charge in [-0.25, -0.2) is 9.98 Å². The Morgan fingerprint density at radius 1 is 1.05 bits per heavy atom. The van der Waals surface area contributed by atoms with Crippen molar-refractivity contribution in [2.24, 2.45) is 9.98 Å². The van der Waals surface area contributed by atoms with Gasteiger partial charge in [0.25, 0.3) is 5.91 Å². The molecule has 10 heteroatoms. The first-order valence-electron chi connectivity index (χ1n) is 13.3. The van der Waals surface area contributed by atoms with E-state index < -0.39 is 0 Å². The Bertz CT molecular complexity index is 1480. The molecule has 1 fully saturated rings. The number of amides is 1. The van der Waals surface area contributed by atoms with Crippen molar-refractivity contribution in [1.29, 1.82) is 5.26 Å². The fourth-order valence-corrected chi connectivity index (χ4v) is 4.96. The summed E-state index contributed by atoms with van der Waals surface area (Å²) in [6.45, 7) is 7.80. The normalized spacial score (nSPS) is 14.7. The summed E-state index contributed by atoms with van der Waals surface area (Å²) in [7, 11) is 0. The van der Waals surface area contributed by atoms with Crippen molar-refractivity contribution in [3.05, 3.63) is 82.9 Å². The summed E-state index contributed by atoms with van der Waals surface area (Å²) in [5.74, 6) is 2.67. The zero-order chi connectivity index (χ0) is 28.1. The molecule has 1 amide bonds. The van der Waals surface area contributed by atoms with Crippen LogP contribution in [0.15, 0.2) is 76.7 Å². The van der Waals surface area contributed by atoms with Crippen LogP contribution in [0.5, 0.6) is 11.5 Å². The Kier molecular flexibility index (Phi) is 8.18. The molecule has 204 valence electrons. The zero-order valence-corrected chi connectivity index (χ0v) is 23.2. The van der Waals surface area contributed by atoms with E-state index in [1.165, 1.54) is 0 Å². The standard InChI is InChI=1S/C30H30ClN7O2/c1-3-36(4-2)29(39)21-9-12-23(13-10-21)34-30(33-20-32)38-17-15-37(16-18-38)28-24-7-5-6-8-26(24)40-27-14-11-22(31)19-25(27)35-28/h5-14,19H,3-4,15-18H2,1-2H3,(H,33,34). The van der Waals surface area contributed by atoms with Gasteiger partial charge >= 0.3 is 0 Å². The molecule has 1 saturated heterocycles. The van der Waals surface area contributed by atoms with Gasteiger partial charge in [0.05, 0.1) is 11.3 Å². The van der Waals surface area contributed by atoms with Gasteiger partial charge in [0, 0.05) is 49.9 Å². The van der Waals surface area contributed by atoms with E-state index in [0.29, 0.717) is 72.9 Å². The van der Waals surface area contributed by atoms with E-state index in [4.69, 9.17) is 21.3 Å². The van der Waals surface area contributed by atoms with Crippen molar-refractivity contribution in [1.82, 2.24) is 20.0 Å². The van der Waals surface area contributed by atoms with E-state index in [1.807, 2.05) is 61.3 Å². The highest BCUT2D eigenvalue weighted by atomic mass is 35.5. The summed E-state index contributed by atoms with van der Waals surface area (Å²) < 4.78 is 6.19. The molecule has 3 aromatic carbocycles. The number of fused-ring (bicyclic) bond motifs is 2. The first-order chi connectivity index (χ1) is 19.5. The first-order valence-corrected chi connectivity index (χ1v) is 13.7. The Morgan fingerprint density at radius 3 is 2.48 bits per heavy atom. The minimum absolute atomic E-state index is 0.00896. The first kappa shape index (κ1) is 27.0. The number of nitrogens with one attached hydrogen (secondary N) is 1. The number of hydrogen-bond acceptors (Lipinski definition) is 6. The van der Waals surface area contributed by atoms with Gasteiger partial charge in [0.15, 0.2) is 11.9 Å². The van der Waals surface area contributed by atoms with Crippen molar-refractivity contribution >= 4 is 40.7 Å². The molecule has 0 bridgehead atoms. The molecule has 0 saturated carbocycles. The maximum Gasteiger partial charge on any atom is 0.253 e. The number of halogens is 1. The number of rotatable bonds is 4. The number of hydrogen-bond donors (Lipinski definition) is 1. The second kappa shape index (κ2) is 12.1.